The maximum atomic E-state index is 13.1. The normalized spacial score (nSPS) is 13.3. The second-order valence-electron chi connectivity index (χ2n) is 7.05. The summed E-state index contributed by atoms with van der Waals surface area (Å²) in [5.41, 5.74) is 2.55. The molecule has 142 valence electrons. The van der Waals surface area contributed by atoms with E-state index in [9.17, 15) is 14.0 Å². The van der Waals surface area contributed by atoms with E-state index in [0.717, 1.165) is 23.4 Å². The Morgan fingerprint density at radius 1 is 1.04 bits per heavy atom. The minimum absolute atomic E-state index is 0.00532. The quantitative estimate of drug-likeness (QED) is 0.770. The van der Waals surface area contributed by atoms with Crippen LogP contribution in [-0.4, -0.2) is 18.4 Å². The van der Waals surface area contributed by atoms with Crippen LogP contribution < -0.4 is 10.2 Å². The van der Waals surface area contributed by atoms with Crippen molar-refractivity contribution in [1.29, 1.82) is 0 Å². The molecular weight excluding hydrogens is 343 g/mol. The van der Waals surface area contributed by atoms with Gasteiger partial charge in [0.05, 0.1) is 13.0 Å². The van der Waals surface area contributed by atoms with Crippen LogP contribution in [0.25, 0.3) is 0 Å². The van der Waals surface area contributed by atoms with E-state index in [2.05, 4.69) is 5.32 Å². The van der Waals surface area contributed by atoms with Crippen LogP contribution in [0.2, 0.25) is 0 Å². The summed E-state index contributed by atoms with van der Waals surface area (Å²) in [5.74, 6) is 0.393. The first-order valence-corrected chi connectivity index (χ1v) is 9.45. The van der Waals surface area contributed by atoms with Crippen LogP contribution in [-0.2, 0) is 22.6 Å². The third-order valence-electron chi connectivity index (χ3n) is 4.75. The summed E-state index contributed by atoms with van der Waals surface area (Å²) >= 11 is 0. The van der Waals surface area contributed by atoms with Gasteiger partial charge in [-0.1, -0.05) is 31.2 Å². The van der Waals surface area contributed by atoms with Crippen molar-refractivity contribution >= 4 is 17.5 Å². The number of hydrogen-bond acceptors (Lipinski definition) is 2. The van der Waals surface area contributed by atoms with Gasteiger partial charge in [0.1, 0.15) is 5.82 Å². The molecule has 0 spiro atoms. The lowest BCUT2D eigenvalue weighted by Crippen LogP contribution is -2.29. The molecular formula is C22H25FN2O2. The van der Waals surface area contributed by atoms with Gasteiger partial charge in [-0.25, -0.2) is 4.39 Å². The van der Waals surface area contributed by atoms with Gasteiger partial charge in [0.2, 0.25) is 11.8 Å². The summed E-state index contributed by atoms with van der Waals surface area (Å²) in [7, 11) is 0. The molecule has 0 unspecified atom stereocenters. The SMILES string of the molecule is CCC(=O)N(Cc1ccc(F)cc1)c1ccc(CC(=O)NCC2CC2)cc1. The fourth-order valence-corrected chi connectivity index (χ4v) is 2.91. The molecule has 2 aromatic carbocycles. The monoisotopic (exact) mass is 368 g/mol. The second kappa shape index (κ2) is 8.80. The van der Waals surface area contributed by atoms with Gasteiger partial charge in [-0.2, -0.15) is 0 Å². The van der Waals surface area contributed by atoms with Crippen LogP contribution in [0.5, 0.6) is 0 Å². The number of nitrogens with one attached hydrogen (secondary N) is 1. The number of benzene rings is 2. The number of hydrogen-bond donors (Lipinski definition) is 1. The Morgan fingerprint density at radius 3 is 2.26 bits per heavy atom. The summed E-state index contributed by atoms with van der Waals surface area (Å²) in [6.07, 6.45) is 3.15. The summed E-state index contributed by atoms with van der Waals surface area (Å²) < 4.78 is 13.1. The molecule has 0 atom stereocenters. The Bertz CT molecular complexity index is 783. The number of amides is 2. The average Bonchev–Trinajstić information content (AvgIpc) is 3.51. The van der Waals surface area contributed by atoms with E-state index < -0.39 is 0 Å². The van der Waals surface area contributed by atoms with Gasteiger partial charge in [0.15, 0.2) is 0 Å². The van der Waals surface area contributed by atoms with E-state index >= 15 is 0 Å². The summed E-state index contributed by atoms with van der Waals surface area (Å²) in [6, 6.07) is 13.6. The van der Waals surface area contributed by atoms with E-state index in [0.29, 0.717) is 25.3 Å². The molecule has 4 nitrogen and oxygen atoms in total. The van der Waals surface area contributed by atoms with Crippen LogP contribution in [0.1, 0.15) is 37.3 Å². The highest BCUT2D eigenvalue weighted by Gasteiger charge is 2.21. The van der Waals surface area contributed by atoms with Crippen molar-refractivity contribution in [3.63, 3.8) is 0 Å². The summed E-state index contributed by atoms with van der Waals surface area (Å²) in [4.78, 5) is 26.1. The fraction of sp³-hybridized carbons (Fsp3) is 0.364. The topological polar surface area (TPSA) is 49.4 Å². The smallest absolute Gasteiger partial charge is 0.227 e. The molecule has 0 aromatic heterocycles. The van der Waals surface area contributed by atoms with Crippen molar-refractivity contribution in [3.05, 3.63) is 65.5 Å². The summed E-state index contributed by atoms with van der Waals surface area (Å²) in [5, 5.41) is 2.96. The Morgan fingerprint density at radius 2 is 1.67 bits per heavy atom. The van der Waals surface area contributed by atoms with E-state index in [1.54, 1.807) is 17.0 Å². The first-order chi connectivity index (χ1) is 13.0. The van der Waals surface area contributed by atoms with Crippen LogP contribution >= 0.6 is 0 Å². The van der Waals surface area contributed by atoms with E-state index in [1.165, 1.54) is 25.0 Å². The van der Waals surface area contributed by atoms with Crippen LogP contribution in [0.15, 0.2) is 48.5 Å². The molecule has 1 N–H and O–H groups in total. The molecule has 1 aliphatic rings. The van der Waals surface area contributed by atoms with Gasteiger partial charge in [-0.05, 0) is 54.2 Å². The zero-order valence-corrected chi connectivity index (χ0v) is 15.6. The molecule has 2 amide bonds. The predicted molar refractivity (Wildman–Crippen MR) is 104 cm³/mol. The molecule has 5 heteroatoms. The second-order valence-corrected chi connectivity index (χ2v) is 7.05. The van der Waals surface area contributed by atoms with E-state index in [4.69, 9.17) is 0 Å². The first-order valence-electron chi connectivity index (χ1n) is 9.45. The maximum absolute atomic E-state index is 13.1. The van der Waals surface area contributed by atoms with Crippen LogP contribution in [0.4, 0.5) is 10.1 Å². The largest absolute Gasteiger partial charge is 0.356 e. The molecule has 0 radical (unpaired) electrons. The third-order valence-corrected chi connectivity index (χ3v) is 4.75. The minimum atomic E-state index is -0.295. The summed E-state index contributed by atoms with van der Waals surface area (Å²) in [6.45, 7) is 2.97. The molecule has 1 saturated carbocycles. The molecule has 2 aromatic rings. The molecule has 0 heterocycles. The van der Waals surface area contributed by atoms with Gasteiger partial charge < -0.3 is 10.2 Å². The number of carbonyl (C=O) groups excluding carboxylic acids is 2. The Balaban J connectivity index is 1.65. The highest BCUT2D eigenvalue weighted by molar-refractivity contribution is 5.93. The molecule has 1 fully saturated rings. The Labute approximate surface area is 159 Å². The minimum Gasteiger partial charge on any atom is -0.356 e. The van der Waals surface area contributed by atoms with Gasteiger partial charge in [0, 0.05) is 18.7 Å². The molecule has 27 heavy (non-hydrogen) atoms. The first kappa shape index (κ1) is 19.1. The standard InChI is InChI=1S/C22H25FN2O2/c1-2-22(27)25(15-18-5-9-19(23)10-6-18)20-11-7-16(8-12-20)13-21(26)24-14-17-3-4-17/h5-12,17H,2-4,13-15H2,1H3,(H,24,26). The number of rotatable bonds is 8. The van der Waals surface area contributed by atoms with Crippen LogP contribution in [0, 0.1) is 11.7 Å². The lowest BCUT2D eigenvalue weighted by Gasteiger charge is -2.23. The lowest BCUT2D eigenvalue weighted by atomic mass is 10.1. The molecule has 0 aliphatic heterocycles. The fourth-order valence-electron chi connectivity index (χ4n) is 2.91. The number of nitrogens with zero attached hydrogens (tertiary/aromatic N) is 1. The zero-order chi connectivity index (χ0) is 19.2. The highest BCUT2D eigenvalue weighted by Crippen LogP contribution is 2.27. The number of carbonyl (C=O) groups is 2. The highest BCUT2D eigenvalue weighted by atomic mass is 19.1. The Kier molecular flexibility index (Phi) is 6.22. The van der Waals surface area contributed by atoms with E-state index in [1.807, 2.05) is 31.2 Å². The third kappa shape index (κ3) is 5.64. The predicted octanol–water partition coefficient (Wildman–Crippen LogP) is 3.84. The van der Waals surface area contributed by atoms with Crippen molar-refractivity contribution in [3.8, 4) is 0 Å². The number of halogens is 1. The van der Waals surface area contributed by atoms with Crippen molar-refractivity contribution < 1.29 is 14.0 Å². The Hall–Kier alpha value is -2.69. The maximum Gasteiger partial charge on any atom is 0.227 e. The van der Waals surface area contributed by atoms with E-state index in [-0.39, 0.29) is 17.6 Å². The van der Waals surface area contributed by atoms with Crippen molar-refractivity contribution in [1.82, 2.24) is 5.32 Å². The number of anilines is 1. The van der Waals surface area contributed by atoms with Crippen LogP contribution in [0.3, 0.4) is 0 Å². The molecule has 3 rings (SSSR count). The van der Waals surface area contributed by atoms with Gasteiger partial charge in [-0.3, -0.25) is 9.59 Å². The molecule has 1 aliphatic carbocycles. The van der Waals surface area contributed by atoms with Gasteiger partial charge >= 0.3 is 0 Å². The lowest BCUT2D eigenvalue weighted by molar-refractivity contribution is -0.120. The van der Waals surface area contributed by atoms with Crippen molar-refractivity contribution in [2.45, 2.75) is 39.2 Å². The van der Waals surface area contributed by atoms with Crippen molar-refractivity contribution in [2.24, 2.45) is 5.92 Å². The van der Waals surface area contributed by atoms with Crippen molar-refractivity contribution in [2.75, 3.05) is 11.4 Å². The average molecular weight is 368 g/mol. The van der Waals surface area contributed by atoms with Gasteiger partial charge in [-0.15, -0.1) is 0 Å². The van der Waals surface area contributed by atoms with Gasteiger partial charge in [0.25, 0.3) is 0 Å². The molecule has 0 bridgehead atoms. The zero-order valence-electron chi connectivity index (χ0n) is 15.6. The molecule has 0 saturated heterocycles.